The van der Waals surface area contributed by atoms with Crippen LogP contribution in [0.25, 0.3) is 0 Å². The highest BCUT2D eigenvalue weighted by Gasteiger charge is 2.46. The van der Waals surface area contributed by atoms with Gasteiger partial charge in [0.1, 0.15) is 5.54 Å². The molecule has 0 radical (unpaired) electrons. The fraction of sp³-hybridized carbons (Fsp3) is 0.750. The monoisotopic (exact) mass is 103 g/mol. The lowest BCUT2D eigenvalue weighted by atomic mass is 10.3. The van der Waals surface area contributed by atoms with Crippen LogP contribution in [0.15, 0.2) is 0 Å². The van der Waals surface area contributed by atoms with Gasteiger partial charge >= 0.3 is 5.97 Å². The van der Waals surface area contributed by atoms with Gasteiger partial charge in [-0.05, 0) is 12.8 Å². The molecular weight excluding hydrogens is 94.0 g/mol. The van der Waals surface area contributed by atoms with Gasteiger partial charge in [0.15, 0.2) is 0 Å². The minimum absolute atomic E-state index is 0.0741. The van der Waals surface area contributed by atoms with Crippen molar-refractivity contribution in [2.24, 2.45) is 5.73 Å². The SMILES string of the molecule is [2H]C1([2H])C[C@@]1(N)C(=O)O. The number of rotatable bonds is 1. The molecule has 3 heteroatoms. The van der Waals surface area contributed by atoms with Gasteiger partial charge in [-0.25, -0.2) is 0 Å². The van der Waals surface area contributed by atoms with Gasteiger partial charge in [0, 0.05) is 2.74 Å². The Kier molecular flexibility index (Phi) is 0.373. The molecule has 0 bridgehead atoms. The molecule has 1 aliphatic rings. The number of carboxylic acid groups (broad SMARTS) is 1. The largest absolute Gasteiger partial charge is 0.480 e. The second kappa shape index (κ2) is 0.980. The maximum Gasteiger partial charge on any atom is 0.323 e. The van der Waals surface area contributed by atoms with Gasteiger partial charge in [0.25, 0.3) is 0 Å². The molecule has 0 aromatic rings. The molecule has 1 saturated carbocycles. The zero-order valence-electron chi connectivity index (χ0n) is 5.64. The first-order valence-electron chi connectivity index (χ1n) is 2.92. The van der Waals surface area contributed by atoms with E-state index >= 15 is 0 Å². The van der Waals surface area contributed by atoms with Gasteiger partial charge in [-0.1, -0.05) is 0 Å². The number of hydrogen-bond donors (Lipinski definition) is 2. The molecule has 7 heavy (non-hydrogen) atoms. The highest BCUT2D eigenvalue weighted by atomic mass is 16.4. The average Bonchev–Trinajstić information content (AvgIpc) is 2.08. The van der Waals surface area contributed by atoms with Crippen LogP contribution in [0.3, 0.4) is 0 Å². The Morgan fingerprint density at radius 1 is 2.14 bits per heavy atom. The van der Waals surface area contributed by atoms with Crippen molar-refractivity contribution in [1.82, 2.24) is 0 Å². The van der Waals surface area contributed by atoms with E-state index in [2.05, 4.69) is 0 Å². The zero-order chi connectivity index (χ0) is 7.28. The lowest BCUT2D eigenvalue weighted by Gasteiger charge is -1.95. The molecule has 0 aliphatic heterocycles. The third kappa shape index (κ3) is 0.587. The molecule has 1 rings (SSSR count). The van der Waals surface area contributed by atoms with Gasteiger partial charge in [-0.15, -0.1) is 0 Å². The van der Waals surface area contributed by atoms with Crippen molar-refractivity contribution in [3.05, 3.63) is 0 Å². The Balaban J connectivity index is 2.74. The summed E-state index contributed by atoms with van der Waals surface area (Å²) in [5, 5.41) is 8.28. The lowest BCUT2D eigenvalue weighted by Crippen LogP contribution is -2.31. The van der Waals surface area contributed by atoms with Gasteiger partial charge in [0.05, 0.1) is 0 Å². The number of nitrogens with two attached hydrogens (primary N) is 1. The summed E-state index contributed by atoms with van der Waals surface area (Å²) in [7, 11) is 0. The second-order valence-corrected chi connectivity index (χ2v) is 1.63. The van der Waals surface area contributed by atoms with E-state index in [0.717, 1.165) is 0 Å². The van der Waals surface area contributed by atoms with E-state index < -0.39 is 17.9 Å². The highest BCUT2D eigenvalue weighted by molar-refractivity contribution is 5.81. The summed E-state index contributed by atoms with van der Waals surface area (Å²) < 4.78 is 13.8. The first-order chi connectivity index (χ1) is 3.90. The molecule has 0 amide bonds. The maximum absolute atomic E-state index is 10.1. The predicted molar refractivity (Wildman–Crippen MR) is 23.8 cm³/mol. The van der Waals surface area contributed by atoms with Gasteiger partial charge < -0.3 is 10.8 Å². The summed E-state index contributed by atoms with van der Waals surface area (Å²) in [4.78, 5) is 10.1. The first kappa shape index (κ1) is 2.67. The van der Waals surface area contributed by atoms with Crippen LogP contribution < -0.4 is 5.73 Å². The molecule has 40 valence electrons. The van der Waals surface area contributed by atoms with Crippen molar-refractivity contribution in [3.63, 3.8) is 0 Å². The van der Waals surface area contributed by atoms with Gasteiger partial charge in [-0.2, -0.15) is 0 Å². The van der Waals surface area contributed by atoms with Crippen molar-refractivity contribution < 1.29 is 12.6 Å². The van der Waals surface area contributed by atoms with E-state index in [0.29, 0.717) is 0 Å². The minimum atomic E-state index is -1.70. The standard InChI is InChI=1S/C4H7NO2/c5-4(1-2-4)3(6)7/h1-2,5H2,(H,6,7)/i1D2/t4-/m1/s1. The molecule has 0 saturated heterocycles. The van der Waals surface area contributed by atoms with Crippen LogP contribution in [0.5, 0.6) is 0 Å². The molecule has 1 aliphatic carbocycles. The van der Waals surface area contributed by atoms with Crippen LogP contribution in [-0.4, -0.2) is 16.6 Å². The molecule has 1 atom stereocenters. The van der Waals surface area contributed by atoms with Crippen molar-refractivity contribution >= 4 is 5.97 Å². The van der Waals surface area contributed by atoms with Crippen LogP contribution in [-0.2, 0) is 4.79 Å². The van der Waals surface area contributed by atoms with Crippen molar-refractivity contribution in [3.8, 4) is 0 Å². The Bertz CT molecular complexity index is 170. The summed E-state index contributed by atoms with van der Waals surface area (Å²) in [5.74, 6) is -1.26. The Labute approximate surface area is 43.9 Å². The average molecular weight is 103 g/mol. The smallest absolute Gasteiger partial charge is 0.323 e. The molecule has 0 heterocycles. The van der Waals surface area contributed by atoms with E-state index in [-0.39, 0.29) is 6.42 Å². The fourth-order valence-corrected chi connectivity index (χ4v) is 0.246. The lowest BCUT2D eigenvalue weighted by molar-refractivity contribution is -0.139. The third-order valence-corrected chi connectivity index (χ3v) is 0.939. The van der Waals surface area contributed by atoms with E-state index in [1.807, 2.05) is 0 Å². The van der Waals surface area contributed by atoms with E-state index in [9.17, 15) is 4.79 Å². The van der Waals surface area contributed by atoms with Crippen LogP contribution >= 0.6 is 0 Å². The summed E-state index contributed by atoms with van der Waals surface area (Å²) in [6.07, 6.45) is -1.77. The summed E-state index contributed by atoms with van der Waals surface area (Å²) >= 11 is 0. The Morgan fingerprint density at radius 3 is 2.57 bits per heavy atom. The normalized spacial score (nSPS) is 49.3. The van der Waals surface area contributed by atoms with Crippen LogP contribution in [0.1, 0.15) is 15.5 Å². The van der Waals surface area contributed by atoms with Crippen LogP contribution in [0, 0.1) is 0 Å². The number of aliphatic carboxylic acids is 1. The van der Waals surface area contributed by atoms with Crippen molar-refractivity contribution in [2.45, 2.75) is 18.3 Å². The van der Waals surface area contributed by atoms with Crippen molar-refractivity contribution in [2.75, 3.05) is 0 Å². The van der Waals surface area contributed by atoms with E-state index in [1.54, 1.807) is 0 Å². The summed E-state index contributed by atoms with van der Waals surface area (Å²) in [5.41, 5.74) is 3.49. The van der Waals surface area contributed by atoms with E-state index in [1.165, 1.54) is 0 Å². The third-order valence-electron chi connectivity index (χ3n) is 0.939. The molecule has 0 aromatic carbocycles. The Morgan fingerprint density at radius 2 is 2.57 bits per heavy atom. The maximum atomic E-state index is 10.1. The second-order valence-electron chi connectivity index (χ2n) is 1.63. The predicted octanol–water partition coefficient (Wildman–Crippen LogP) is -0.438. The number of hydrogen-bond acceptors (Lipinski definition) is 2. The van der Waals surface area contributed by atoms with Gasteiger partial charge in [0.2, 0.25) is 0 Å². The fourth-order valence-electron chi connectivity index (χ4n) is 0.246. The van der Waals surface area contributed by atoms with Gasteiger partial charge in [-0.3, -0.25) is 4.79 Å². The molecule has 0 unspecified atom stereocenters. The highest BCUT2D eigenvalue weighted by Crippen LogP contribution is 2.31. The number of carboxylic acids is 1. The van der Waals surface area contributed by atoms with Crippen molar-refractivity contribution in [1.29, 1.82) is 0 Å². The molecule has 0 aromatic heterocycles. The number of carbonyl (C=O) groups is 1. The molecule has 3 N–H and O–H groups in total. The Hall–Kier alpha value is -0.570. The minimum Gasteiger partial charge on any atom is -0.480 e. The quantitative estimate of drug-likeness (QED) is 0.473. The van der Waals surface area contributed by atoms with Crippen LogP contribution in [0.4, 0.5) is 0 Å². The summed E-state index contributed by atoms with van der Waals surface area (Å²) in [6.45, 7) is 0. The molecule has 1 fully saturated rings. The molecule has 3 nitrogen and oxygen atoms in total. The first-order valence-corrected chi connectivity index (χ1v) is 1.92. The van der Waals surface area contributed by atoms with E-state index in [4.69, 9.17) is 13.6 Å². The zero-order valence-corrected chi connectivity index (χ0v) is 3.64. The topological polar surface area (TPSA) is 63.3 Å². The van der Waals surface area contributed by atoms with Crippen LogP contribution in [0.2, 0.25) is 0 Å². The summed E-state index contributed by atoms with van der Waals surface area (Å²) in [6, 6.07) is 0. The molecule has 0 spiro atoms. The molecular formula is C4H7NO2.